The Morgan fingerprint density at radius 2 is 1.20 bits per heavy atom. The highest BCUT2D eigenvalue weighted by molar-refractivity contribution is 6.20. The van der Waals surface area contributed by atoms with Crippen LogP contribution < -0.4 is 4.90 Å². The number of hydrogen-bond acceptors (Lipinski definition) is 3. The number of nitrogens with zero attached hydrogens (tertiary/aromatic N) is 1. The number of rotatable bonds is 5. The molecule has 4 rings (SSSR count). The molecule has 0 aromatic heterocycles. The second-order valence-electron chi connectivity index (χ2n) is 6.26. The van der Waals surface area contributed by atoms with Gasteiger partial charge in [-0.05, 0) is 33.0 Å². The summed E-state index contributed by atoms with van der Waals surface area (Å²) in [5.74, 6) is 0. The zero-order valence-electron chi connectivity index (χ0n) is 14.0. The summed E-state index contributed by atoms with van der Waals surface area (Å²) in [6.07, 6.45) is 0. The van der Waals surface area contributed by atoms with E-state index in [2.05, 4.69) is 65.6 Å². The van der Waals surface area contributed by atoms with Crippen LogP contribution in [0.2, 0.25) is 0 Å². The predicted molar refractivity (Wildman–Crippen MR) is 105 cm³/mol. The maximum atomic E-state index is 9.46. The average Bonchev–Trinajstić information content (AvgIpc) is 2.67. The van der Waals surface area contributed by atoms with Crippen molar-refractivity contribution in [3.8, 4) is 0 Å². The quantitative estimate of drug-likeness (QED) is 0.545. The smallest absolute Gasteiger partial charge is 0.0606 e. The zero-order chi connectivity index (χ0) is 17.2. The lowest BCUT2D eigenvalue weighted by atomic mass is 9.95. The molecule has 0 amide bonds. The first-order chi connectivity index (χ1) is 12.3. The molecule has 0 aliphatic carbocycles. The molecule has 3 nitrogen and oxygen atoms in total. The Morgan fingerprint density at radius 1 is 0.600 bits per heavy atom. The van der Waals surface area contributed by atoms with E-state index in [0.29, 0.717) is 13.1 Å². The van der Waals surface area contributed by atoms with Gasteiger partial charge in [0.05, 0.1) is 13.2 Å². The van der Waals surface area contributed by atoms with Gasteiger partial charge in [0.1, 0.15) is 0 Å². The number of benzene rings is 4. The Kier molecular flexibility index (Phi) is 4.26. The summed E-state index contributed by atoms with van der Waals surface area (Å²) in [4.78, 5) is 2.06. The van der Waals surface area contributed by atoms with Crippen molar-refractivity contribution in [2.75, 3.05) is 31.2 Å². The molecule has 0 atom stereocenters. The van der Waals surface area contributed by atoms with Crippen LogP contribution in [0.1, 0.15) is 0 Å². The van der Waals surface area contributed by atoms with E-state index < -0.39 is 0 Å². The van der Waals surface area contributed by atoms with Gasteiger partial charge in [0, 0.05) is 24.2 Å². The van der Waals surface area contributed by atoms with Gasteiger partial charge in [-0.15, -0.1) is 0 Å². The highest BCUT2D eigenvalue weighted by Gasteiger charge is 2.13. The van der Waals surface area contributed by atoms with Crippen LogP contribution in [-0.2, 0) is 0 Å². The van der Waals surface area contributed by atoms with Crippen LogP contribution in [0, 0.1) is 0 Å². The monoisotopic (exact) mass is 331 g/mol. The highest BCUT2D eigenvalue weighted by atomic mass is 16.3. The number of fused-ring (bicyclic) bond motifs is 5. The summed E-state index contributed by atoms with van der Waals surface area (Å²) in [5.41, 5.74) is 1.06. The molecule has 0 saturated carbocycles. The molecule has 0 heterocycles. The van der Waals surface area contributed by atoms with E-state index in [0.717, 1.165) is 11.1 Å². The van der Waals surface area contributed by atoms with Crippen LogP contribution in [0.3, 0.4) is 0 Å². The van der Waals surface area contributed by atoms with Crippen molar-refractivity contribution in [1.29, 1.82) is 0 Å². The van der Waals surface area contributed by atoms with Crippen LogP contribution in [0.4, 0.5) is 5.69 Å². The summed E-state index contributed by atoms with van der Waals surface area (Å²) < 4.78 is 0. The summed E-state index contributed by atoms with van der Waals surface area (Å²) >= 11 is 0. The zero-order valence-corrected chi connectivity index (χ0v) is 14.0. The van der Waals surface area contributed by atoms with E-state index in [9.17, 15) is 10.2 Å². The van der Waals surface area contributed by atoms with Gasteiger partial charge in [0.15, 0.2) is 0 Å². The third-order valence-corrected chi connectivity index (χ3v) is 4.83. The number of aliphatic hydroxyl groups excluding tert-OH is 2. The standard InChI is InChI=1S/C22H21NO2/c24-13-11-23(12-14-25)22-15-21-17-6-2-1-5-16(17)9-10-19(21)18-7-3-4-8-20(18)22/h1-10,15,24-25H,11-14H2. The second-order valence-corrected chi connectivity index (χ2v) is 6.26. The van der Waals surface area contributed by atoms with Gasteiger partial charge >= 0.3 is 0 Å². The molecule has 4 aromatic carbocycles. The van der Waals surface area contributed by atoms with Gasteiger partial charge in [-0.2, -0.15) is 0 Å². The maximum absolute atomic E-state index is 9.46. The predicted octanol–water partition coefficient (Wildman–Crippen LogP) is 3.94. The normalized spacial score (nSPS) is 11.4. The van der Waals surface area contributed by atoms with Crippen LogP contribution in [0.15, 0.2) is 66.7 Å². The van der Waals surface area contributed by atoms with Crippen LogP contribution in [0.25, 0.3) is 32.3 Å². The van der Waals surface area contributed by atoms with Crippen molar-refractivity contribution in [2.45, 2.75) is 0 Å². The molecule has 4 aromatic rings. The Bertz CT molecular complexity index is 1040. The average molecular weight is 331 g/mol. The summed E-state index contributed by atoms with van der Waals surface area (Å²) in [6, 6.07) is 23.3. The molecule has 2 N–H and O–H groups in total. The van der Waals surface area contributed by atoms with E-state index >= 15 is 0 Å². The van der Waals surface area contributed by atoms with Crippen molar-refractivity contribution in [2.24, 2.45) is 0 Å². The summed E-state index contributed by atoms with van der Waals surface area (Å²) in [7, 11) is 0. The Labute approximate surface area is 146 Å². The molecule has 0 unspecified atom stereocenters. The maximum Gasteiger partial charge on any atom is 0.0606 e. The molecule has 0 saturated heterocycles. The van der Waals surface area contributed by atoms with Crippen LogP contribution >= 0.6 is 0 Å². The molecule has 0 bridgehead atoms. The molecule has 0 radical (unpaired) electrons. The third kappa shape index (κ3) is 2.72. The molecule has 0 fully saturated rings. The van der Waals surface area contributed by atoms with Gasteiger partial charge in [-0.3, -0.25) is 0 Å². The first kappa shape index (κ1) is 15.9. The Morgan fingerprint density at radius 3 is 1.92 bits per heavy atom. The van der Waals surface area contributed by atoms with Gasteiger partial charge in [0.25, 0.3) is 0 Å². The number of anilines is 1. The van der Waals surface area contributed by atoms with E-state index in [-0.39, 0.29) is 13.2 Å². The van der Waals surface area contributed by atoms with Crippen molar-refractivity contribution in [3.05, 3.63) is 66.7 Å². The van der Waals surface area contributed by atoms with E-state index in [1.165, 1.54) is 26.9 Å². The number of aliphatic hydroxyl groups is 2. The SMILES string of the molecule is OCCN(CCO)c1cc2c3ccccc3ccc2c2ccccc12. The fourth-order valence-corrected chi connectivity index (χ4v) is 3.70. The first-order valence-corrected chi connectivity index (χ1v) is 8.63. The minimum Gasteiger partial charge on any atom is -0.395 e. The largest absolute Gasteiger partial charge is 0.395 e. The second kappa shape index (κ2) is 6.71. The molecular weight excluding hydrogens is 310 g/mol. The molecule has 0 aliphatic rings. The van der Waals surface area contributed by atoms with E-state index in [1.54, 1.807) is 0 Å². The number of hydrogen-bond donors (Lipinski definition) is 2. The van der Waals surface area contributed by atoms with Gasteiger partial charge in [-0.25, -0.2) is 0 Å². The van der Waals surface area contributed by atoms with Gasteiger partial charge in [-0.1, -0.05) is 60.7 Å². The fourth-order valence-electron chi connectivity index (χ4n) is 3.70. The lowest BCUT2D eigenvalue weighted by Crippen LogP contribution is -2.29. The topological polar surface area (TPSA) is 43.7 Å². The molecular formula is C22H21NO2. The summed E-state index contributed by atoms with van der Waals surface area (Å²) in [5, 5.41) is 26.1. The highest BCUT2D eigenvalue weighted by Crippen LogP contribution is 2.37. The fraction of sp³-hybridized carbons (Fsp3) is 0.182. The van der Waals surface area contributed by atoms with Crippen molar-refractivity contribution >= 4 is 38.0 Å². The Hall–Kier alpha value is -2.62. The Balaban J connectivity index is 2.10. The van der Waals surface area contributed by atoms with Crippen molar-refractivity contribution < 1.29 is 10.2 Å². The minimum absolute atomic E-state index is 0.0574. The van der Waals surface area contributed by atoms with Crippen molar-refractivity contribution in [1.82, 2.24) is 0 Å². The van der Waals surface area contributed by atoms with Crippen LogP contribution in [-0.4, -0.2) is 36.5 Å². The third-order valence-electron chi connectivity index (χ3n) is 4.83. The van der Waals surface area contributed by atoms with Gasteiger partial charge in [0.2, 0.25) is 0 Å². The molecule has 3 heteroatoms. The van der Waals surface area contributed by atoms with E-state index in [1.807, 2.05) is 6.07 Å². The van der Waals surface area contributed by atoms with Gasteiger partial charge < -0.3 is 15.1 Å². The molecule has 25 heavy (non-hydrogen) atoms. The van der Waals surface area contributed by atoms with Crippen molar-refractivity contribution in [3.63, 3.8) is 0 Å². The van der Waals surface area contributed by atoms with E-state index in [4.69, 9.17) is 0 Å². The lowest BCUT2D eigenvalue weighted by Gasteiger charge is -2.25. The molecule has 0 spiro atoms. The molecule has 126 valence electrons. The molecule has 0 aliphatic heterocycles. The summed E-state index contributed by atoms with van der Waals surface area (Å²) in [6.45, 7) is 1.12. The minimum atomic E-state index is 0.0574. The lowest BCUT2D eigenvalue weighted by molar-refractivity contribution is 0.281. The van der Waals surface area contributed by atoms with Crippen LogP contribution in [0.5, 0.6) is 0 Å². The first-order valence-electron chi connectivity index (χ1n) is 8.63.